The van der Waals surface area contributed by atoms with Gasteiger partial charge in [0.05, 0.1) is 23.7 Å². The number of sulfonamides is 1. The van der Waals surface area contributed by atoms with E-state index in [9.17, 15) is 31.6 Å². The van der Waals surface area contributed by atoms with Crippen molar-refractivity contribution in [1.82, 2.24) is 14.2 Å². The maximum absolute atomic E-state index is 13.9. The van der Waals surface area contributed by atoms with Crippen LogP contribution in [-0.4, -0.2) is 73.8 Å². The number of fused-ring (bicyclic) bond motifs is 1. The number of halogens is 2. The summed E-state index contributed by atoms with van der Waals surface area (Å²) in [6, 6.07) is 8.15. The normalized spacial score (nSPS) is 14.5. The number of rotatable bonds is 7. The number of nitrogens with one attached hydrogen (secondary N) is 2. The van der Waals surface area contributed by atoms with Crippen LogP contribution in [0, 0.1) is 11.6 Å². The highest BCUT2D eigenvalue weighted by Crippen LogP contribution is 2.24. The van der Waals surface area contributed by atoms with Gasteiger partial charge in [-0.05, 0) is 37.3 Å². The summed E-state index contributed by atoms with van der Waals surface area (Å²) < 4.78 is 60.6. The first-order chi connectivity index (χ1) is 17.6. The molecule has 37 heavy (non-hydrogen) atoms. The topological polar surface area (TPSA) is 129 Å². The molecule has 4 rings (SSSR count). The summed E-state index contributed by atoms with van der Waals surface area (Å²) in [5.74, 6) is -3.54. The molecule has 1 aliphatic rings. The fourth-order valence-corrected chi connectivity index (χ4v) is 5.41. The van der Waals surface area contributed by atoms with Crippen molar-refractivity contribution in [2.75, 3.05) is 44.7 Å². The first kappa shape index (κ1) is 26.4. The molecule has 196 valence electrons. The number of morpholine rings is 1. The van der Waals surface area contributed by atoms with Gasteiger partial charge in [0.1, 0.15) is 23.9 Å². The van der Waals surface area contributed by atoms with Crippen molar-refractivity contribution < 1.29 is 31.5 Å². The van der Waals surface area contributed by atoms with Crippen molar-refractivity contribution in [2.45, 2.75) is 11.8 Å². The summed E-state index contributed by atoms with van der Waals surface area (Å²) >= 11 is 0. The van der Waals surface area contributed by atoms with Crippen molar-refractivity contribution in [3.8, 4) is 0 Å². The van der Waals surface area contributed by atoms with Crippen LogP contribution in [0.4, 0.5) is 14.5 Å². The van der Waals surface area contributed by atoms with Gasteiger partial charge in [-0.2, -0.15) is 4.31 Å². The minimum absolute atomic E-state index is 0.0199. The quantitative estimate of drug-likeness (QED) is 0.477. The molecule has 2 amide bonds. The van der Waals surface area contributed by atoms with Gasteiger partial charge < -0.3 is 19.9 Å². The fraction of sp³-hybridized carbons (Fsp3) is 0.292. The second kappa shape index (κ2) is 10.7. The van der Waals surface area contributed by atoms with Gasteiger partial charge in [0.2, 0.25) is 21.5 Å². The Morgan fingerprint density at radius 1 is 1.11 bits per heavy atom. The maximum Gasteiger partial charge on any atom is 0.255 e. The zero-order chi connectivity index (χ0) is 26.7. The Labute approximate surface area is 210 Å². The molecule has 0 radical (unpaired) electrons. The molecule has 0 unspecified atom stereocenters. The van der Waals surface area contributed by atoms with Crippen LogP contribution in [-0.2, 0) is 19.6 Å². The smallest absolute Gasteiger partial charge is 0.255 e. The predicted molar refractivity (Wildman–Crippen MR) is 131 cm³/mol. The molecule has 13 heteroatoms. The molecule has 1 fully saturated rings. The van der Waals surface area contributed by atoms with Crippen LogP contribution in [0.3, 0.4) is 0 Å². The number of ether oxygens (including phenoxy) is 1. The molecule has 1 aromatic heterocycles. The number of hydrogen-bond acceptors (Lipinski definition) is 6. The van der Waals surface area contributed by atoms with Gasteiger partial charge in [-0.15, -0.1) is 0 Å². The van der Waals surface area contributed by atoms with Gasteiger partial charge in [-0.3, -0.25) is 14.4 Å². The highest BCUT2D eigenvalue weighted by Gasteiger charge is 2.28. The summed E-state index contributed by atoms with van der Waals surface area (Å²) in [4.78, 5) is 41.7. The standard InChI is InChI=1S/C24H24F2N4O6S/c1-2-29(14-22(32)28-23-18(25)4-3-5-19(23)26)24(33)17-13-21(31)27-20-7-6-15(12-16(17)20)37(34,35)30-8-10-36-11-9-30/h3-7,12-13H,2,8-11,14H2,1H3,(H,27,31)(H,28,32). The molecule has 2 heterocycles. The Hall–Kier alpha value is -3.68. The van der Waals surface area contributed by atoms with E-state index in [0.29, 0.717) is 0 Å². The number of nitrogens with zero attached hydrogens (tertiary/aromatic N) is 2. The van der Waals surface area contributed by atoms with Crippen LogP contribution in [0.15, 0.2) is 52.2 Å². The minimum Gasteiger partial charge on any atom is -0.379 e. The third-order valence-corrected chi connectivity index (χ3v) is 7.78. The molecule has 3 aromatic rings. The lowest BCUT2D eigenvalue weighted by atomic mass is 10.1. The van der Waals surface area contributed by atoms with Crippen LogP contribution in [0.2, 0.25) is 0 Å². The van der Waals surface area contributed by atoms with Gasteiger partial charge >= 0.3 is 0 Å². The third-order valence-electron chi connectivity index (χ3n) is 5.88. The Morgan fingerprint density at radius 2 is 1.78 bits per heavy atom. The molecule has 1 aliphatic heterocycles. The lowest BCUT2D eigenvalue weighted by Crippen LogP contribution is -2.40. The second-order valence-electron chi connectivity index (χ2n) is 8.24. The van der Waals surface area contributed by atoms with Crippen LogP contribution >= 0.6 is 0 Å². The lowest BCUT2D eigenvalue weighted by molar-refractivity contribution is -0.116. The van der Waals surface area contributed by atoms with Crippen molar-refractivity contribution >= 4 is 38.4 Å². The highest BCUT2D eigenvalue weighted by molar-refractivity contribution is 7.89. The van der Waals surface area contributed by atoms with Crippen LogP contribution in [0.1, 0.15) is 17.3 Å². The van der Waals surface area contributed by atoms with Gasteiger partial charge in [-0.1, -0.05) is 6.07 Å². The van der Waals surface area contributed by atoms with Gasteiger partial charge in [-0.25, -0.2) is 17.2 Å². The van der Waals surface area contributed by atoms with E-state index in [0.717, 1.165) is 29.2 Å². The summed E-state index contributed by atoms with van der Waals surface area (Å²) in [7, 11) is -3.89. The molecule has 0 atom stereocenters. The number of aromatic nitrogens is 1. The predicted octanol–water partition coefficient (Wildman–Crippen LogP) is 1.93. The third kappa shape index (κ3) is 5.53. The number of hydrogen-bond donors (Lipinski definition) is 2. The number of pyridine rings is 1. The Bertz CT molecular complexity index is 1500. The average Bonchev–Trinajstić information content (AvgIpc) is 2.88. The lowest BCUT2D eigenvalue weighted by Gasteiger charge is -2.26. The van der Waals surface area contributed by atoms with Crippen molar-refractivity contribution in [1.29, 1.82) is 0 Å². The number of likely N-dealkylation sites (N-methyl/N-ethyl adjacent to an activating group) is 1. The van der Waals surface area contributed by atoms with E-state index < -0.39 is 51.3 Å². The molecule has 2 N–H and O–H groups in total. The van der Waals surface area contributed by atoms with Gasteiger partial charge in [0.25, 0.3) is 5.91 Å². The number of H-pyrrole nitrogens is 1. The zero-order valence-electron chi connectivity index (χ0n) is 19.8. The first-order valence-electron chi connectivity index (χ1n) is 11.4. The van der Waals surface area contributed by atoms with Crippen molar-refractivity contribution in [3.63, 3.8) is 0 Å². The minimum atomic E-state index is -3.89. The second-order valence-corrected chi connectivity index (χ2v) is 10.2. The molecule has 0 aliphatic carbocycles. The number of carbonyl (C=O) groups is 2. The molecule has 0 spiro atoms. The monoisotopic (exact) mass is 534 g/mol. The summed E-state index contributed by atoms with van der Waals surface area (Å²) in [6.45, 7) is 1.91. The number of carbonyl (C=O) groups excluding carboxylic acids is 2. The van der Waals surface area contributed by atoms with E-state index in [1.165, 1.54) is 22.5 Å². The summed E-state index contributed by atoms with van der Waals surface area (Å²) in [5.41, 5.74) is -1.14. The van der Waals surface area contributed by atoms with Crippen molar-refractivity contribution in [3.05, 3.63) is 70.0 Å². The molecule has 2 aromatic carbocycles. The Balaban J connectivity index is 1.66. The van der Waals surface area contributed by atoms with Crippen LogP contribution in [0.5, 0.6) is 0 Å². The molecule has 0 bridgehead atoms. The number of aromatic amines is 1. The maximum atomic E-state index is 13.9. The molecule has 1 saturated heterocycles. The largest absolute Gasteiger partial charge is 0.379 e. The van der Waals surface area contributed by atoms with Gasteiger partial charge in [0.15, 0.2) is 0 Å². The summed E-state index contributed by atoms with van der Waals surface area (Å²) in [6.07, 6.45) is 0. The Kier molecular flexibility index (Phi) is 7.66. The van der Waals surface area contributed by atoms with E-state index in [1.54, 1.807) is 6.92 Å². The highest BCUT2D eigenvalue weighted by atomic mass is 32.2. The van der Waals surface area contributed by atoms with E-state index in [-0.39, 0.29) is 54.2 Å². The van der Waals surface area contributed by atoms with E-state index >= 15 is 0 Å². The van der Waals surface area contributed by atoms with Crippen LogP contribution in [0.25, 0.3) is 10.9 Å². The van der Waals surface area contributed by atoms with E-state index in [2.05, 4.69) is 10.3 Å². The SMILES string of the molecule is CCN(CC(=O)Nc1c(F)cccc1F)C(=O)c1cc(=O)[nH]c2ccc(S(=O)(=O)N3CCOCC3)cc12. The fourth-order valence-electron chi connectivity index (χ4n) is 3.97. The summed E-state index contributed by atoms with van der Waals surface area (Å²) in [5, 5.41) is 2.28. The van der Waals surface area contributed by atoms with Crippen LogP contribution < -0.4 is 10.9 Å². The number of amides is 2. The Morgan fingerprint density at radius 3 is 2.43 bits per heavy atom. The van der Waals surface area contributed by atoms with Gasteiger partial charge in [0, 0.05) is 36.6 Å². The first-order valence-corrected chi connectivity index (χ1v) is 12.8. The number of anilines is 1. The van der Waals surface area contributed by atoms with Crippen molar-refractivity contribution in [2.24, 2.45) is 0 Å². The molecule has 0 saturated carbocycles. The number of para-hydroxylation sites is 1. The molecule has 10 nitrogen and oxygen atoms in total. The average molecular weight is 535 g/mol. The molecular weight excluding hydrogens is 510 g/mol. The zero-order valence-corrected chi connectivity index (χ0v) is 20.6. The van der Waals surface area contributed by atoms with E-state index in [1.807, 2.05) is 0 Å². The van der Waals surface area contributed by atoms with E-state index in [4.69, 9.17) is 4.74 Å². The molecular formula is C24H24F2N4O6S. The number of benzene rings is 2.